The number of nitro groups is 1. The number of piperazine rings is 1. The van der Waals surface area contributed by atoms with E-state index in [0.717, 1.165) is 31.9 Å². The SMILES string of the molecule is N#Cc1cc(N2CCN(CCO)CC2)ccc1[N+](=O)[O-]. The van der Waals surface area contributed by atoms with Crippen LogP contribution in [-0.4, -0.2) is 54.3 Å². The van der Waals surface area contributed by atoms with E-state index in [1.165, 1.54) is 6.07 Å². The molecule has 1 saturated heterocycles. The number of aliphatic hydroxyl groups is 1. The van der Waals surface area contributed by atoms with Crippen LogP contribution >= 0.6 is 0 Å². The van der Waals surface area contributed by atoms with E-state index >= 15 is 0 Å². The first kappa shape index (κ1) is 14.2. The molecule has 1 aromatic rings. The molecule has 106 valence electrons. The second-order valence-corrected chi connectivity index (χ2v) is 4.62. The van der Waals surface area contributed by atoms with E-state index in [1.54, 1.807) is 12.1 Å². The first-order valence-electron chi connectivity index (χ1n) is 6.42. The lowest BCUT2D eigenvalue weighted by Gasteiger charge is -2.35. The normalized spacial score (nSPS) is 15.9. The molecular formula is C13H16N4O3. The van der Waals surface area contributed by atoms with Gasteiger partial charge in [0.05, 0.1) is 11.5 Å². The zero-order valence-corrected chi connectivity index (χ0v) is 11.0. The number of nitriles is 1. The largest absolute Gasteiger partial charge is 0.395 e. The Kier molecular flexibility index (Phi) is 4.50. The van der Waals surface area contributed by atoms with Crippen molar-refractivity contribution in [3.63, 3.8) is 0 Å². The van der Waals surface area contributed by atoms with Crippen LogP contribution < -0.4 is 4.90 Å². The molecule has 0 aliphatic carbocycles. The van der Waals surface area contributed by atoms with Gasteiger partial charge in [-0.3, -0.25) is 15.0 Å². The maximum atomic E-state index is 10.8. The van der Waals surface area contributed by atoms with E-state index in [9.17, 15) is 10.1 Å². The first-order chi connectivity index (χ1) is 9.65. The van der Waals surface area contributed by atoms with Crippen molar-refractivity contribution in [1.82, 2.24) is 4.90 Å². The fraction of sp³-hybridized carbons (Fsp3) is 0.462. The Bertz CT molecular complexity index is 533. The number of aliphatic hydroxyl groups excluding tert-OH is 1. The summed E-state index contributed by atoms with van der Waals surface area (Å²) in [6.45, 7) is 4.04. The summed E-state index contributed by atoms with van der Waals surface area (Å²) in [6.07, 6.45) is 0. The number of rotatable bonds is 4. The Hall–Kier alpha value is -2.17. The van der Waals surface area contributed by atoms with E-state index < -0.39 is 4.92 Å². The van der Waals surface area contributed by atoms with E-state index in [2.05, 4.69) is 9.80 Å². The Balaban J connectivity index is 2.11. The highest BCUT2D eigenvalue weighted by atomic mass is 16.6. The van der Waals surface area contributed by atoms with Crippen molar-refractivity contribution in [1.29, 1.82) is 5.26 Å². The van der Waals surface area contributed by atoms with E-state index in [1.807, 2.05) is 6.07 Å². The molecule has 0 atom stereocenters. The molecule has 0 aromatic heterocycles. The van der Waals surface area contributed by atoms with Crippen molar-refractivity contribution in [3.8, 4) is 6.07 Å². The van der Waals surface area contributed by atoms with Crippen LogP contribution in [0, 0.1) is 21.4 Å². The summed E-state index contributed by atoms with van der Waals surface area (Å²) in [5.74, 6) is 0. The van der Waals surface area contributed by atoms with Gasteiger partial charge in [0.1, 0.15) is 11.6 Å². The van der Waals surface area contributed by atoms with Crippen LogP contribution in [-0.2, 0) is 0 Å². The molecule has 1 aliphatic heterocycles. The number of β-amino-alcohol motifs (C(OH)–C–C–N with tert-alkyl or cyclic N) is 1. The van der Waals surface area contributed by atoms with Crippen molar-refractivity contribution in [2.75, 3.05) is 44.2 Å². The summed E-state index contributed by atoms with van der Waals surface area (Å²) in [7, 11) is 0. The third-order valence-electron chi connectivity index (χ3n) is 3.45. The number of hydrogen-bond acceptors (Lipinski definition) is 6. The number of anilines is 1. The highest BCUT2D eigenvalue weighted by Crippen LogP contribution is 2.25. The number of nitro benzene ring substituents is 1. The minimum absolute atomic E-state index is 0.0882. The second kappa shape index (κ2) is 6.32. The Labute approximate surface area is 116 Å². The molecule has 0 unspecified atom stereocenters. The van der Waals surface area contributed by atoms with Crippen LogP contribution in [0.2, 0.25) is 0 Å². The molecular weight excluding hydrogens is 260 g/mol. The van der Waals surface area contributed by atoms with Crippen molar-refractivity contribution in [3.05, 3.63) is 33.9 Å². The van der Waals surface area contributed by atoms with Gasteiger partial charge >= 0.3 is 0 Å². The van der Waals surface area contributed by atoms with Gasteiger partial charge in [-0.1, -0.05) is 0 Å². The molecule has 1 fully saturated rings. The molecule has 20 heavy (non-hydrogen) atoms. The maximum absolute atomic E-state index is 10.8. The molecule has 2 rings (SSSR count). The van der Waals surface area contributed by atoms with Gasteiger partial charge < -0.3 is 10.0 Å². The molecule has 0 spiro atoms. The van der Waals surface area contributed by atoms with Crippen LogP contribution in [0.5, 0.6) is 0 Å². The van der Waals surface area contributed by atoms with Gasteiger partial charge in [-0.15, -0.1) is 0 Å². The molecule has 1 N–H and O–H groups in total. The number of benzene rings is 1. The summed E-state index contributed by atoms with van der Waals surface area (Å²) in [5, 5.41) is 28.7. The van der Waals surface area contributed by atoms with Crippen LogP contribution in [0.15, 0.2) is 18.2 Å². The van der Waals surface area contributed by atoms with Gasteiger partial charge in [0.15, 0.2) is 0 Å². The zero-order valence-electron chi connectivity index (χ0n) is 11.0. The third kappa shape index (κ3) is 3.04. The second-order valence-electron chi connectivity index (χ2n) is 4.62. The third-order valence-corrected chi connectivity index (χ3v) is 3.45. The van der Waals surface area contributed by atoms with Gasteiger partial charge in [-0.05, 0) is 12.1 Å². The molecule has 1 aliphatic rings. The minimum atomic E-state index is -0.540. The Morgan fingerprint density at radius 3 is 2.60 bits per heavy atom. The summed E-state index contributed by atoms with van der Waals surface area (Å²) in [4.78, 5) is 14.5. The van der Waals surface area contributed by atoms with Gasteiger partial charge in [0, 0.05) is 44.5 Å². The average Bonchev–Trinajstić information content (AvgIpc) is 2.47. The number of nitrogens with zero attached hydrogens (tertiary/aromatic N) is 4. The molecule has 0 radical (unpaired) electrons. The van der Waals surface area contributed by atoms with Crippen molar-refractivity contribution in [2.45, 2.75) is 0 Å². The highest BCUT2D eigenvalue weighted by molar-refractivity contribution is 5.60. The molecule has 0 saturated carbocycles. The topological polar surface area (TPSA) is 93.6 Å². The van der Waals surface area contributed by atoms with Crippen LogP contribution in [0.3, 0.4) is 0 Å². The lowest BCUT2D eigenvalue weighted by molar-refractivity contribution is -0.385. The van der Waals surface area contributed by atoms with Crippen molar-refractivity contribution < 1.29 is 10.0 Å². The molecule has 0 bridgehead atoms. The van der Waals surface area contributed by atoms with Crippen LogP contribution in [0.1, 0.15) is 5.56 Å². The van der Waals surface area contributed by atoms with E-state index in [4.69, 9.17) is 10.4 Å². The number of hydrogen-bond donors (Lipinski definition) is 1. The summed E-state index contributed by atoms with van der Waals surface area (Å²) < 4.78 is 0. The zero-order chi connectivity index (χ0) is 14.5. The van der Waals surface area contributed by atoms with Gasteiger partial charge in [-0.25, -0.2) is 0 Å². The predicted molar refractivity (Wildman–Crippen MR) is 73.6 cm³/mol. The van der Waals surface area contributed by atoms with Gasteiger partial charge in [-0.2, -0.15) is 5.26 Å². The Morgan fingerprint density at radius 1 is 1.35 bits per heavy atom. The first-order valence-corrected chi connectivity index (χ1v) is 6.42. The fourth-order valence-corrected chi connectivity index (χ4v) is 2.34. The fourth-order valence-electron chi connectivity index (χ4n) is 2.34. The monoisotopic (exact) mass is 276 g/mol. The highest BCUT2D eigenvalue weighted by Gasteiger charge is 2.20. The lowest BCUT2D eigenvalue weighted by atomic mass is 10.1. The quantitative estimate of drug-likeness (QED) is 0.638. The summed E-state index contributed by atoms with van der Waals surface area (Å²) in [5.41, 5.74) is 0.760. The van der Waals surface area contributed by atoms with E-state index in [-0.39, 0.29) is 17.9 Å². The average molecular weight is 276 g/mol. The van der Waals surface area contributed by atoms with Gasteiger partial charge in [0.2, 0.25) is 0 Å². The summed E-state index contributed by atoms with van der Waals surface area (Å²) in [6, 6.07) is 6.51. The maximum Gasteiger partial charge on any atom is 0.287 e. The van der Waals surface area contributed by atoms with Crippen LogP contribution in [0.4, 0.5) is 11.4 Å². The van der Waals surface area contributed by atoms with Crippen LogP contribution in [0.25, 0.3) is 0 Å². The summed E-state index contributed by atoms with van der Waals surface area (Å²) >= 11 is 0. The standard InChI is InChI=1S/C13H16N4O3/c14-10-11-9-12(1-2-13(11)17(19)20)16-5-3-15(4-6-16)7-8-18/h1-2,9,18H,3-8H2. The van der Waals surface area contributed by atoms with Crippen molar-refractivity contribution >= 4 is 11.4 Å². The lowest BCUT2D eigenvalue weighted by Crippen LogP contribution is -2.47. The van der Waals surface area contributed by atoms with E-state index in [0.29, 0.717) is 6.54 Å². The molecule has 7 heteroatoms. The Morgan fingerprint density at radius 2 is 2.05 bits per heavy atom. The molecule has 1 aromatic carbocycles. The van der Waals surface area contributed by atoms with Gasteiger partial charge in [0.25, 0.3) is 5.69 Å². The smallest absolute Gasteiger partial charge is 0.287 e. The molecule has 7 nitrogen and oxygen atoms in total. The minimum Gasteiger partial charge on any atom is -0.395 e. The van der Waals surface area contributed by atoms with Crippen molar-refractivity contribution in [2.24, 2.45) is 0 Å². The molecule has 0 amide bonds. The molecule has 1 heterocycles. The predicted octanol–water partition coefficient (Wildman–Crippen LogP) is 0.581.